The van der Waals surface area contributed by atoms with Crippen LogP contribution in [0.2, 0.25) is 0 Å². The van der Waals surface area contributed by atoms with E-state index in [-0.39, 0.29) is 11.2 Å². The van der Waals surface area contributed by atoms with E-state index in [2.05, 4.69) is 20.9 Å². The third-order valence-electron chi connectivity index (χ3n) is 2.69. The lowest BCUT2D eigenvalue weighted by atomic mass is 10.2. The van der Waals surface area contributed by atoms with Gasteiger partial charge in [0, 0.05) is 16.1 Å². The van der Waals surface area contributed by atoms with Gasteiger partial charge < -0.3 is 4.42 Å². The zero-order chi connectivity index (χ0) is 13.4. The number of rotatable bonds is 2. The predicted octanol–water partition coefficient (Wildman–Crippen LogP) is 4.17. The highest BCUT2D eigenvalue weighted by molar-refractivity contribution is 9.10. The molecule has 0 bridgehead atoms. The minimum absolute atomic E-state index is 0.0513. The molecular weight excluding hydrogens is 312 g/mol. The SMILES string of the molecule is O=[N+]([O-])c1cccc2oc(-c3ccc(Br)cc3)nc12. The van der Waals surface area contributed by atoms with Gasteiger partial charge in [-0.05, 0) is 30.3 Å². The quantitative estimate of drug-likeness (QED) is 0.525. The van der Waals surface area contributed by atoms with Gasteiger partial charge in [-0.1, -0.05) is 22.0 Å². The minimum Gasteiger partial charge on any atom is -0.436 e. The summed E-state index contributed by atoms with van der Waals surface area (Å²) in [6.07, 6.45) is 0. The molecule has 0 amide bonds. The van der Waals surface area contributed by atoms with E-state index in [4.69, 9.17) is 4.42 Å². The van der Waals surface area contributed by atoms with Crippen molar-refractivity contribution in [1.29, 1.82) is 0 Å². The summed E-state index contributed by atoms with van der Waals surface area (Å²) in [6, 6.07) is 12.0. The lowest BCUT2D eigenvalue weighted by Crippen LogP contribution is -1.88. The molecule has 94 valence electrons. The number of nitrogens with zero attached hydrogens (tertiary/aromatic N) is 2. The Labute approximate surface area is 116 Å². The average molecular weight is 319 g/mol. The largest absolute Gasteiger partial charge is 0.436 e. The highest BCUT2D eigenvalue weighted by Gasteiger charge is 2.17. The molecule has 0 unspecified atom stereocenters. The number of nitro groups is 1. The predicted molar refractivity (Wildman–Crippen MR) is 73.8 cm³/mol. The van der Waals surface area contributed by atoms with Crippen molar-refractivity contribution in [2.45, 2.75) is 0 Å². The maximum Gasteiger partial charge on any atom is 0.298 e. The Morgan fingerprint density at radius 1 is 1.16 bits per heavy atom. The summed E-state index contributed by atoms with van der Waals surface area (Å²) >= 11 is 3.34. The number of non-ortho nitro benzene ring substituents is 1. The van der Waals surface area contributed by atoms with Gasteiger partial charge in [0.1, 0.15) is 0 Å². The van der Waals surface area contributed by atoms with Crippen molar-refractivity contribution in [1.82, 2.24) is 4.98 Å². The third kappa shape index (κ3) is 2.10. The van der Waals surface area contributed by atoms with Crippen molar-refractivity contribution in [2.75, 3.05) is 0 Å². The molecule has 5 nitrogen and oxygen atoms in total. The molecule has 0 saturated carbocycles. The van der Waals surface area contributed by atoms with Gasteiger partial charge in [-0.2, -0.15) is 0 Å². The summed E-state index contributed by atoms with van der Waals surface area (Å²) in [5.41, 5.74) is 1.40. The Kier molecular flexibility index (Phi) is 2.79. The van der Waals surface area contributed by atoms with Crippen LogP contribution < -0.4 is 0 Å². The lowest BCUT2D eigenvalue weighted by Gasteiger charge is -1.94. The first-order chi connectivity index (χ1) is 9.15. The molecule has 0 spiro atoms. The molecule has 3 aromatic rings. The Hall–Kier alpha value is -2.21. The van der Waals surface area contributed by atoms with Gasteiger partial charge in [0.15, 0.2) is 11.1 Å². The van der Waals surface area contributed by atoms with E-state index >= 15 is 0 Å². The van der Waals surface area contributed by atoms with Gasteiger partial charge in [0.2, 0.25) is 5.89 Å². The van der Waals surface area contributed by atoms with Crippen molar-refractivity contribution >= 4 is 32.7 Å². The van der Waals surface area contributed by atoms with Crippen molar-refractivity contribution in [3.8, 4) is 11.5 Å². The first-order valence-electron chi connectivity index (χ1n) is 5.45. The molecule has 0 aliphatic heterocycles. The number of benzene rings is 2. The minimum atomic E-state index is -0.462. The normalized spacial score (nSPS) is 10.8. The molecule has 0 saturated heterocycles. The second-order valence-electron chi connectivity index (χ2n) is 3.91. The van der Waals surface area contributed by atoms with Crippen LogP contribution in [0.4, 0.5) is 5.69 Å². The molecule has 0 aliphatic carbocycles. The van der Waals surface area contributed by atoms with Crippen LogP contribution in [0, 0.1) is 10.1 Å². The fourth-order valence-corrected chi connectivity index (χ4v) is 2.06. The molecule has 0 N–H and O–H groups in total. The number of fused-ring (bicyclic) bond motifs is 1. The highest BCUT2D eigenvalue weighted by Crippen LogP contribution is 2.30. The van der Waals surface area contributed by atoms with Crippen molar-refractivity contribution in [2.24, 2.45) is 0 Å². The van der Waals surface area contributed by atoms with Gasteiger partial charge in [0.05, 0.1) is 4.92 Å². The summed E-state index contributed by atoms with van der Waals surface area (Å²) in [6.45, 7) is 0. The van der Waals surface area contributed by atoms with E-state index in [1.807, 2.05) is 24.3 Å². The van der Waals surface area contributed by atoms with Crippen molar-refractivity contribution in [3.05, 3.63) is 57.1 Å². The number of hydrogen-bond acceptors (Lipinski definition) is 4. The fraction of sp³-hybridized carbons (Fsp3) is 0. The number of aromatic nitrogens is 1. The van der Waals surface area contributed by atoms with Gasteiger partial charge in [-0.15, -0.1) is 0 Å². The standard InChI is InChI=1S/C13H7BrN2O3/c14-9-6-4-8(5-7-9)13-15-12-10(16(17)18)2-1-3-11(12)19-13/h1-7H. The lowest BCUT2D eigenvalue weighted by molar-refractivity contribution is -0.383. The molecule has 0 aliphatic rings. The maximum absolute atomic E-state index is 10.9. The summed E-state index contributed by atoms with van der Waals surface area (Å²) in [5.74, 6) is 0.372. The molecule has 0 atom stereocenters. The van der Waals surface area contributed by atoms with Gasteiger partial charge >= 0.3 is 0 Å². The molecule has 1 heterocycles. The van der Waals surface area contributed by atoms with E-state index in [0.717, 1.165) is 10.0 Å². The van der Waals surface area contributed by atoms with E-state index in [1.54, 1.807) is 12.1 Å². The third-order valence-corrected chi connectivity index (χ3v) is 3.21. The van der Waals surface area contributed by atoms with Gasteiger partial charge in [-0.3, -0.25) is 10.1 Å². The molecule has 0 fully saturated rings. The van der Waals surface area contributed by atoms with Crippen LogP contribution in [-0.2, 0) is 0 Å². The zero-order valence-electron chi connectivity index (χ0n) is 9.54. The first kappa shape index (κ1) is 11.9. The molecule has 3 rings (SSSR count). The van der Waals surface area contributed by atoms with Crippen molar-refractivity contribution < 1.29 is 9.34 Å². The topological polar surface area (TPSA) is 69.2 Å². The second kappa shape index (κ2) is 4.47. The summed E-state index contributed by atoms with van der Waals surface area (Å²) in [4.78, 5) is 14.7. The van der Waals surface area contributed by atoms with Crippen LogP contribution in [-0.4, -0.2) is 9.91 Å². The summed E-state index contributed by atoms with van der Waals surface area (Å²) in [7, 11) is 0. The number of hydrogen-bond donors (Lipinski definition) is 0. The van der Waals surface area contributed by atoms with E-state index in [9.17, 15) is 10.1 Å². The Morgan fingerprint density at radius 3 is 2.58 bits per heavy atom. The van der Waals surface area contributed by atoms with E-state index in [0.29, 0.717) is 11.5 Å². The molecule has 2 aromatic carbocycles. The number of nitro benzene ring substituents is 1. The van der Waals surface area contributed by atoms with Gasteiger partial charge in [0.25, 0.3) is 5.69 Å². The maximum atomic E-state index is 10.9. The van der Waals surface area contributed by atoms with Crippen LogP contribution in [0.5, 0.6) is 0 Å². The Balaban J connectivity index is 2.19. The fourth-order valence-electron chi connectivity index (χ4n) is 1.80. The van der Waals surface area contributed by atoms with Crippen LogP contribution in [0.3, 0.4) is 0 Å². The van der Waals surface area contributed by atoms with Crippen LogP contribution in [0.25, 0.3) is 22.6 Å². The smallest absolute Gasteiger partial charge is 0.298 e. The molecule has 19 heavy (non-hydrogen) atoms. The van der Waals surface area contributed by atoms with Gasteiger partial charge in [-0.25, -0.2) is 4.98 Å². The molecule has 6 heteroatoms. The average Bonchev–Trinajstić information content (AvgIpc) is 2.82. The number of oxazole rings is 1. The second-order valence-corrected chi connectivity index (χ2v) is 4.82. The highest BCUT2D eigenvalue weighted by atomic mass is 79.9. The first-order valence-corrected chi connectivity index (χ1v) is 6.24. The van der Waals surface area contributed by atoms with Crippen LogP contribution in [0.15, 0.2) is 51.4 Å². The van der Waals surface area contributed by atoms with E-state index < -0.39 is 4.92 Å². The number of para-hydroxylation sites is 1. The Bertz CT molecular complexity index is 765. The van der Waals surface area contributed by atoms with Crippen LogP contribution in [0.1, 0.15) is 0 Å². The molecule has 0 radical (unpaired) electrons. The molecule has 1 aromatic heterocycles. The molecular formula is C13H7BrN2O3. The van der Waals surface area contributed by atoms with Crippen molar-refractivity contribution in [3.63, 3.8) is 0 Å². The van der Waals surface area contributed by atoms with Crippen LogP contribution >= 0.6 is 15.9 Å². The number of halogens is 1. The van der Waals surface area contributed by atoms with E-state index in [1.165, 1.54) is 6.07 Å². The summed E-state index contributed by atoms with van der Waals surface area (Å²) < 4.78 is 6.50. The summed E-state index contributed by atoms with van der Waals surface area (Å²) in [5, 5.41) is 10.9. The zero-order valence-corrected chi connectivity index (χ0v) is 11.1. The monoisotopic (exact) mass is 318 g/mol. The Morgan fingerprint density at radius 2 is 1.89 bits per heavy atom.